The third-order valence-electron chi connectivity index (χ3n) is 3.09. The smallest absolute Gasteiger partial charge is 0.249 e. The predicted molar refractivity (Wildman–Crippen MR) is 79.5 cm³/mol. The maximum atomic E-state index is 11.7. The lowest BCUT2D eigenvalue weighted by Crippen LogP contribution is -2.39. The number of aryl methyl sites for hydroxylation is 1. The maximum absolute atomic E-state index is 11.7. The van der Waals surface area contributed by atoms with E-state index in [4.69, 9.17) is 4.74 Å². The second kappa shape index (κ2) is 6.85. The summed E-state index contributed by atoms with van der Waals surface area (Å²) in [6.45, 7) is 2.51. The Kier molecular flexibility index (Phi) is 5.14. The zero-order valence-corrected chi connectivity index (χ0v) is 12.8. The molecule has 0 spiro atoms. The van der Waals surface area contributed by atoms with Gasteiger partial charge in [-0.2, -0.15) is 0 Å². The minimum Gasteiger partial charge on any atom is -0.368 e. The Morgan fingerprint density at radius 2 is 2.25 bits per heavy atom. The first kappa shape index (κ1) is 15.0. The number of amides is 2. The van der Waals surface area contributed by atoms with Crippen molar-refractivity contribution < 1.29 is 14.3 Å². The molecule has 0 bridgehead atoms. The van der Waals surface area contributed by atoms with Crippen LogP contribution in [-0.4, -0.2) is 31.1 Å². The van der Waals surface area contributed by atoms with E-state index in [1.54, 1.807) is 6.07 Å². The van der Waals surface area contributed by atoms with Gasteiger partial charge in [-0.05, 0) is 43.5 Å². The Morgan fingerprint density at radius 1 is 1.45 bits per heavy atom. The van der Waals surface area contributed by atoms with Crippen molar-refractivity contribution in [1.29, 1.82) is 0 Å². The molecule has 108 valence electrons. The summed E-state index contributed by atoms with van der Waals surface area (Å²) in [5, 5.41) is 5.33. The second-order valence-electron chi connectivity index (χ2n) is 4.73. The van der Waals surface area contributed by atoms with Crippen LogP contribution in [0.5, 0.6) is 0 Å². The van der Waals surface area contributed by atoms with Gasteiger partial charge in [0.15, 0.2) is 0 Å². The normalized spacial score (nSPS) is 17.8. The van der Waals surface area contributed by atoms with Crippen LogP contribution in [0.15, 0.2) is 22.7 Å². The van der Waals surface area contributed by atoms with Gasteiger partial charge in [0.1, 0.15) is 6.10 Å². The highest BCUT2D eigenvalue weighted by Crippen LogP contribution is 2.19. The molecule has 1 saturated heterocycles. The molecule has 2 rings (SSSR count). The van der Waals surface area contributed by atoms with E-state index in [0.29, 0.717) is 12.3 Å². The number of carbonyl (C=O) groups is 2. The number of nitrogens with one attached hydrogen (secondary N) is 2. The van der Waals surface area contributed by atoms with E-state index in [1.165, 1.54) is 0 Å². The highest BCUT2D eigenvalue weighted by Gasteiger charge is 2.23. The number of ether oxygens (including phenoxy) is 1. The lowest BCUT2D eigenvalue weighted by atomic mass is 10.2. The Hall–Kier alpha value is -1.40. The van der Waals surface area contributed by atoms with Gasteiger partial charge in [0.25, 0.3) is 0 Å². The molecule has 0 aromatic heterocycles. The highest BCUT2D eigenvalue weighted by molar-refractivity contribution is 9.10. The van der Waals surface area contributed by atoms with E-state index in [1.807, 2.05) is 19.1 Å². The van der Waals surface area contributed by atoms with Crippen LogP contribution < -0.4 is 10.6 Å². The lowest BCUT2D eigenvalue weighted by molar-refractivity contribution is -0.131. The van der Waals surface area contributed by atoms with Gasteiger partial charge >= 0.3 is 0 Å². The number of halogens is 1. The minimum absolute atomic E-state index is 0.0478. The van der Waals surface area contributed by atoms with Crippen LogP contribution in [0.4, 0.5) is 5.69 Å². The molecule has 2 N–H and O–H groups in total. The summed E-state index contributed by atoms with van der Waals surface area (Å²) in [4.78, 5) is 23.4. The molecule has 6 heteroatoms. The molecular formula is C14H17BrN2O3. The van der Waals surface area contributed by atoms with Crippen molar-refractivity contribution in [2.75, 3.05) is 18.5 Å². The van der Waals surface area contributed by atoms with E-state index < -0.39 is 6.10 Å². The number of hydrogen-bond donors (Lipinski definition) is 2. The molecule has 1 heterocycles. The third-order valence-corrected chi connectivity index (χ3v) is 3.98. The second-order valence-corrected chi connectivity index (χ2v) is 5.59. The Balaban J connectivity index is 1.80. The van der Waals surface area contributed by atoms with Gasteiger partial charge in [0.05, 0.1) is 6.54 Å². The molecule has 1 unspecified atom stereocenters. The average molecular weight is 341 g/mol. The molecule has 1 aromatic rings. The van der Waals surface area contributed by atoms with Crippen LogP contribution in [0.1, 0.15) is 18.4 Å². The molecule has 5 nitrogen and oxygen atoms in total. The first-order valence-corrected chi connectivity index (χ1v) is 7.31. The minimum atomic E-state index is -0.405. The average Bonchev–Trinajstić information content (AvgIpc) is 2.94. The van der Waals surface area contributed by atoms with Gasteiger partial charge in [0.2, 0.25) is 11.8 Å². The topological polar surface area (TPSA) is 67.4 Å². The Bertz CT molecular complexity index is 513. The number of carbonyl (C=O) groups excluding carboxylic acids is 2. The van der Waals surface area contributed by atoms with E-state index in [0.717, 1.165) is 22.9 Å². The van der Waals surface area contributed by atoms with Crippen molar-refractivity contribution in [3.8, 4) is 0 Å². The van der Waals surface area contributed by atoms with Crippen molar-refractivity contribution in [3.63, 3.8) is 0 Å². The fourth-order valence-electron chi connectivity index (χ4n) is 1.99. The summed E-state index contributed by atoms with van der Waals surface area (Å²) in [7, 11) is 0. The highest BCUT2D eigenvalue weighted by atomic mass is 79.9. The largest absolute Gasteiger partial charge is 0.368 e. The number of benzene rings is 1. The van der Waals surface area contributed by atoms with E-state index in [-0.39, 0.29) is 18.4 Å². The van der Waals surface area contributed by atoms with Crippen LogP contribution in [-0.2, 0) is 14.3 Å². The van der Waals surface area contributed by atoms with Crippen molar-refractivity contribution >= 4 is 33.4 Å². The van der Waals surface area contributed by atoms with Crippen molar-refractivity contribution in [1.82, 2.24) is 5.32 Å². The molecule has 2 amide bonds. The molecule has 0 aliphatic carbocycles. The summed E-state index contributed by atoms with van der Waals surface area (Å²) >= 11 is 3.40. The van der Waals surface area contributed by atoms with Gasteiger partial charge in [-0.15, -0.1) is 0 Å². The molecule has 1 aromatic carbocycles. The Morgan fingerprint density at radius 3 is 2.90 bits per heavy atom. The number of rotatable bonds is 4. The lowest BCUT2D eigenvalue weighted by Gasteiger charge is -2.11. The quantitative estimate of drug-likeness (QED) is 0.880. The molecule has 1 aliphatic heterocycles. The van der Waals surface area contributed by atoms with Gasteiger partial charge < -0.3 is 15.4 Å². The summed E-state index contributed by atoms with van der Waals surface area (Å²) in [6.07, 6.45) is 1.21. The van der Waals surface area contributed by atoms with Gasteiger partial charge in [-0.25, -0.2) is 0 Å². The summed E-state index contributed by atoms with van der Waals surface area (Å²) < 4.78 is 6.23. The van der Waals surface area contributed by atoms with Crippen molar-refractivity contribution in [3.05, 3.63) is 28.2 Å². The number of anilines is 1. The van der Waals surface area contributed by atoms with Gasteiger partial charge in [-0.3, -0.25) is 9.59 Å². The SMILES string of the molecule is Cc1cc(NC(=O)CNC(=O)C2CCCO2)ccc1Br. The summed E-state index contributed by atoms with van der Waals surface area (Å²) in [6, 6.07) is 5.54. The fraction of sp³-hybridized carbons (Fsp3) is 0.429. The van der Waals surface area contributed by atoms with Gasteiger partial charge in [0, 0.05) is 16.8 Å². The van der Waals surface area contributed by atoms with Crippen molar-refractivity contribution in [2.24, 2.45) is 0 Å². The Labute approximate surface area is 126 Å². The summed E-state index contributed by atoms with van der Waals surface area (Å²) in [5.41, 5.74) is 1.74. The maximum Gasteiger partial charge on any atom is 0.249 e. The van der Waals surface area contributed by atoms with E-state index in [9.17, 15) is 9.59 Å². The molecule has 0 radical (unpaired) electrons. The summed E-state index contributed by atoms with van der Waals surface area (Å²) in [5.74, 6) is -0.470. The van der Waals surface area contributed by atoms with Crippen LogP contribution in [0.2, 0.25) is 0 Å². The third kappa shape index (κ3) is 4.05. The van der Waals surface area contributed by atoms with Crippen LogP contribution in [0.25, 0.3) is 0 Å². The first-order valence-electron chi connectivity index (χ1n) is 6.51. The molecular weight excluding hydrogens is 324 g/mol. The van der Waals surface area contributed by atoms with E-state index >= 15 is 0 Å². The van der Waals surface area contributed by atoms with Crippen LogP contribution in [0.3, 0.4) is 0 Å². The van der Waals surface area contributed by atoms with Crippen molar-refractivity contribution in [2.45, 2.75) is 25.9 Å². The standard InChI is InChI=1S/C14H17BrN2O3/c1-9-7-10(4-5-11(9)15)17-13(18)8-16-14(19)12-3-2-6-20-12/h4-5,7,12H,2-3,6,8H2,1H3,(H,16,19)(H,17,18). The predicted octanol–water partition coefficient (Wildman–Crippen LogP) is 1.99. The number of hydrogen-bond acceptors (Lipinski definition) is 3. The molecule has 20 heavy (non-hydrogen) atoms. The van der Waals surface area contributed by atoms with E-state index in [2.05, 4.69) is 26.6 Å². The first-order chi connectivity index (χ1) is 9.56. The zero-order chi connectivity index (χ0) is 14.5. The fourth-order valence-corrected chi connectivity index (χ4v) is 2.24. The van der Waals surface area contributed by atoms with Crippen LogP contribution in [0, 0.1) is 6.92 Å². The molecule has 1 aliphatic rings. The molecule has 1 atom stereocenters. The molecule has 0 saturated carbocycles. The van der Waals surface area contributed by atoms with Gasteiger partial charge in [-0.1, -0.05) is 15.9 Å². The monoisotopic (exact) mass is 340 g/mol. The van der Waals surface area contributed by atoms with Crippen LogP contribution >= 0.6 is 15.9 Å². The molecule has 1 fully saturated rings. The zero-order valence-electron chi connectivity index (χ0n) is 11.2.